The maximum Gasteiger partial charge on any atom is 1.00 e. The van der Waals surface area contributed by atoms with Gasteiger partial charge in [0.05, 0.1) is 0 Å². The molecule has 0 aliphatic heterocycles. The summed E-state index contributed by atoms with van der Waals surface area (Å²) in [4.78, 5) is -0.327. The van der Waals surface area contributed by atoms with Crippen LogP contribution in [0.2, 0.25) is 0 Å². The van der Waals surface area contributed by atoms with Crippen LogP contribution in [0, 0.1) is 0 Å². The van der Waals surface area contributed by atoms with E-state index in [0.29, 0.717) is 0 Å². The third-order valence-corrected chi connectivity index (χ3v) is 6.09. The van der Waals surface area contributed by atoms with Crippen LogP contribution in [0.3, 0.4) is 0 Å². The topological polar surface area (TPSA) is 86.7 Å². The van der Waals surface area contributed by atoms with Gasteiger partial charge in [0, 0.05) is 0 Å². The molecule has 2 aromatic rings. The average Bonchev–Trinajstić information content (AvgIpc) is 2.70. The molecular formula is C24H33NaO5S. The van der Waals surface area contributed by atoms with Gasteiger partial charge in [0.15, 0.2) is 0 Å². The van der Waals surface area contributed by atoms with E-state index < -0.39 is 10.1 Å². The minimum absolute atomic E-state index is 0. The number of hydrogen-bond donors (Lipinski definition) is 1. The molecular weight excluding hydrogens is 423 g/mol. The zero-order chi connectivity index (χ0) is 21.8. The smallest absolute Gasteiger partial charge is 0.872 e. The predicted octanol–water partition coefficient (Wildman–Crippen LogP) is 3.27. The fourth-order valence-corrected chi connectivity index (χ4v) is 4.10. The molecule has 0 aromatic heterocycles. The molecule has 7 heteroatoms. The molecule has 166 valence electrons. The fraction of sp³-hybridized carbons (Fsp3) is 0.500. The van der Waals surface area contributed by atoms with Gasteiger partial charge in [-0.15, -0.1) is 5.75 Å². The molecule has 0 atom stereocenters. The Balaban J connectivity index is 0.00000480. The maximum atomic E-state index is 12.4. The Hall–Kier alpha value is -1.05. The van der Waals surface area contributed by atoms with Crippen LogP contribution in [-0.2, 0) is 16.5 Å². The van der Waals surface area contributed by atoms with Gasteiger partial charge in [-0.1, -0.05) is 88.5 Å². The SMILES string of the molecule is CCCCCCCCCCCCc1ccc(Oc2ccccc2S(=O)(=O)O)cc1[O-].[Na+]. The molecule has 0 unspecified atom stereocenters. The van der Waals surface area contributed by atoms with Crippen molar-refractivity contribution in [3.8, 4) is 17.2 Å². The Morgan fingerprint density at radius 2 is 1.45 bits per heavy atom. The van der Waals surface area contributed by atoms with E-state index in [4.69, 9.17) is 4.74 Å². The molecule has 0 aliphatic carbocycles. The molecule has 0 radical (unpaired) electrons. The number of hydrogen-bond acceptors (Lipinski definition) is 4. The van der Waals surface area contributed by atoms with E-state index in [1.54, 1.807) is 18.2 Å². The van der Waals surface area contributed by atoms with Gasteiger partial charge >= 0.3 is 29.6 Å². The van der Waals surface area contributed by atoms with Crippen LogP contribution in [0.25, 0.3) is 0 Å². The van der Waals surface area contributed by atoms with Gasteiger partial charge in [0.1, 0.15) is 16.4 Å². The Morgan fingerprint density at radius 3 is 2.03 bits per heavy atom. The number of para-hydroxylation sites is 1. The molecule has 0 saturated heterocycles. The van der Waals surface area contributed by atoms with E-state index in [1.165, 1.54) is 75.6 Å². The van der Waals surface area contributed by atoms with Crippen molar-refractivity contribution in [3.05, 3.63) is 48.0 Å². The Bertz CT molecular complexity index is 883. The van der Waals surface area contributed by atoms with Gasteiger partial charge in [0.25, 0.3) is 10.1 Å². The zero-order valence-corrected chi connectivity index (χ0v) is 21.6. The number of ether oxygens (including phenoxy) is 1. The van der Waals surface area contributed by atoms with Gasteiger partial charge in [-0.3, -0.25) is 4.55 Å². The van der Waals surface area contributed by atoms with Crippen molar-refractivity contribution in [3.63, 3.8) is 0 Å². The van der Waals surface area contributed by atoms with Crippen molar-refractivity contribution in [2.24, 2.45) is 0 Å². The third kappa shape index (κ3) is 10.4. The van der Waals surface area contributed by atoms with Crippen LogP contribution in [0.15, 0.2) is 47.4 Å². The first kappa shape index (κ1) is 28.0. The third-order valence-electron chi connectivity index (χ3n) is 5.19. The second kappa shape index (κ2) is 14.9. The second-order valence-electron chi connectivity index (χ2n) is 7.73. The first-order valence-electron chi connectivity index (χ1n) is 11.0. The van der Waals surface area contributed by atoms with Crippen molar-refractivity contribution in [1.82, 2.24) is 0 Å². The average molecular weight is 457 g/mol. The van der Waals surface area contributed by atoms with Crippen LogP contribution < -0.4 is 39.4 Å². The molecule has 0 fully saturated rings. The molecule has 0 amide bonds. The summed E-state index contributed by atoms with van der Waals surface area (Å²) in [5.74, 6) is 0.123. The molecule has 1 N–H and O–H groups in total. The summed E-state index contributed by atoms with van der Waals surface area (Å²) in [5, 5.41) is 12.4. The molecule has 31 heavy (non-hydrogen) atoms. The Morgan fingerprint density at radius 1 is 0.871 bits per heavy atom. The quantitative estimate of drug-likeness (QED) is 0.268. The second-order valence-corrected chi connectivity index (χ2v) is 9.12. The van der Waals surface area contributed by atoms with Gasteiger partial charge in [0.2, 0.25) is 0 Å². The minimum Gasteiger partial charge on any atom is -0.872 e. The molecule has 0 heterocycles. The molecule has 0 bridgehead atoms. The van der Waals surface area contributed by atoms with E-state index in [1.807, 2.05) is 0 Å². The maximum absolute atomic E-state index is 12.4. The monoisotopic (exact) mass is 456 g/mol. The van der Waals surface area contributed by atoms with Crippen LogP contribution >= 0.6 is 0 Å². The summed E-state index contributed by atoms with van der Waals surface area (Å²) in [5.41, 5.74) is 0.741. The summed E-state index contributed by atoms with van der Waals surface area (Å²) in [6.07, 6.45) is 13.2. The molecule has 0 aliphatic rings. The number of unbranched alkanes of at least 4 members (excludes halogenated alkanes) is 9. The Kier molecular flexibility index (Phi) is 13.5. The number of aryl methyl sites for hydroxylation is 1. The van der Waals surface area contributed by atoms with Gasteiger partial charge < -0.3 is 9.84 Å². The van der Waals surface area contributed by atoms with Crippen molar-refractivity contribution in [1.29, 1.82) is 0 Å². The summed E-state index contributed by atoms with van der Waals surface area (Å²) < 4.78 is 37.7. The predicted molar refractivity (Wildman–Crippen MR) is 118 cm³/mol. The summed E-state index contributed by atoms with van der Waals surface area (Å²) in [6.45, 7) is 2.23. The first-order valence-corrected chi connectivity index (χ1v) is 12.4. The molecule has 2 rings (SSSR count). The van der Waals surface area contributed by atoms with Crippen molar-refractivity contribution in [2.45, 2.75) is 82.4 Å². The Labute approximate surface area is 209 Å². The van der Waals surface area contributed by atoms with E-state index >= 15 is 0 Å². The van der Waals surface area contributed by atoms with Crippen LogP contribution in [0.5, 0.6) is 17.2 Å². The van der Waals surface area contributed by atoms with Crippen LogP contribution in [0.1, 0.15) is 76.7 Å². The molecule has 5 nitrogen and oxygen atoms in total. The summed E-state index contributed by atoms with van der Waals surface area (Å²) in [6, 6.07) is 10.5. The van der Waals surface area contributed by atoms with E-state index in [2.05, 4.69) is 6.92 Å². The van der Waals surface area contributed by atoms with Gasteiger partial charge in [-0.05, 0) is 37.1 Å². The van der Waals surface area contributed by atoms with E-state index in [0.717, 1.165) is 24.8 Å². The van der Waals surface area contributed by atoms with Crippen molar-refractivity contribution >= 4 is 10.1 Å². The fourth-order valence-electron chi connectivity index (χ4n) is 3.48. The summed E-state index contributed by atoms with van der Waals surface area (Å²) >= 11 is 0. The number of benzene rings is 2. The first-order chi connectivity index (χ1) is 14.4. The van der Waals surface area contributed by atoms with Gasteiger partial charge in [-0.2, -0.15) is 8.42 Å². The van der Waals surface area contributed by atoms with E-state index in [9.17, 15) is 18.1 Å². The van der Waals surface area contributed by atoms with Crippen LogP contribution in [-0.4, -0.2) is 13.0 Å². The molecule has 0 spiro atoms. The van der Waals surface area contributed by atoms with Crippen LogP contribution in [0.4, 0.5) is 0 Å². The minimum atomic E-state index is -4.40. The summed E-state index contributed by atoms with van der Waals surface area (Å²) in [7, 11) is -4.40. The largest absolute Gasteiger partial charge is 1.00 e. The number of rotatable bonds is 14. The van der Waals surface area contributed by atoms with Gasteiger partial charge in [-0.25, -0.2) is 0 Å². The molecule has 2 aromatic carbocycles. The zero-order valence-electron chi connectivity index (χ0n) is 18.8. The van der Waals surface area contributed by atoms with Crippen molar-refractivity contribution < 1.29 is 52.4 Å². The standard InChI is InChI=1S/C24H34O5S.Na/c1-2-3-4-5-6-7-8-9-10-11-14-20-17-18-21(19-22(20)25)29-23-15-12-13-16-24(23)30(26,27)28;/h12-13,15-19,25H,2-11,14H2,1H3,(H,26,27,28);/q;+1/p-1. The normalized spacial score (nSPS) is 11.2. The van der Waals surface area contributed by atoms with Crippen molar-refractivity contribution in [2.75, 3.05) is 0 Å². The van der Waals surface area contributed by atoms with E-state index in [-0.39, 0.29) is 51.7 Å². The molecule has 0 saturated carbocycles.